The Morgan fingerprint density at radius 3 is 1.46 bits per heavy atom. The number of esters is 1. The first-order chi connectivity index (χ1) is 18.8. The molecular weight excluding hydrogens is 554 g/mol. The molecule has 0 unspecified atom stereocenters. The fourth-order valence-electron chi connectivity index (χ4n) is 3.38. The van der Waals surface area contributed by atoms with Crippen LogP contribution in [0.4, 0.5) is 8.78 Å². The van der Waals surface area contributed by atoms with E-state index in [0.717, 1.165) is 0 Å². The molecule has 212 valence electrons. The van der Waals surface area contributed by atoms with Gasteiger partial charge in [-0.2, -0.15) is 17.2 Å². The third-order valence-electron chi connectivity index (χ3n) is 5.23. The highest BCUT2D eigenvalue weighted by atomic mass is 32.3. The van der Waals surface area contributed by atoms with E-state index in [2.05, 4.69) is 4.74 Å². The Morgan fingerprint density at radius 1 is 0.667 bits per heavy atom. The predicted molar refractivity (Wildman–Crippen MR) is 141 cm³/mol. The summed E-state index contributed by atoms with van der Waals surface area (Å²) >= 11 is 0. The molecule has 0 aliphatic rings. The third-order valence-corrected chi connectivity index (χ3v) is 10.4. The Hall–Kier alpha value is -2.87. The Labute approximate surface area is 228 Å². The van der Waals surface area contributed by atoms with E-state index >= 15 is 8.78 Å². The van der Waals surface area contributed by atoms with Gasteiger partial charge in [-0.3, -0.25) is 0 Å². The Morgan fingerprint density at radius 2 is 1.05 bits per heavy atom. The lowest BCUT2D eigenvalue weighted by Crippen LogP contribution is -2.41. The molecule has 0 aromatic heterocycles. The van der Waals surface area contributed by atoms with Crippen molar-refractivity contribution in [1.82, 2.24) is 0 Å². The van der Waals surface area contributed by atoms with Gasteiger partial charge in [0.05, 0.1) is 33.0 Å². The van der Waals surface area contributed by atoms with Gasteiger partial charge < -0.3 is 18.9 Å². The van der Waals surface area contributed by atoms with Crippen LogP contribution in [0.3, 0.4) is 0 Å². The maximum atomic E-state index is 15.2. The molecule has 8 nitrogen and oxygen atoms in total. The molecule has 0 spiro atoms. The number of carbonyl (C=O) groups is 1. The summed E-state index contributed by atoms with van der Waals surface area (Å²) in [5.74, 6) is -2.26. The summed E-state index contributed by atoms with van der Waals surface area (Å²) in [6.07, 6.45) is 0. The molecule has 0 saturated heterocycles. The molecule has 0 bridgehead atoms. The van der Waals surface area contributed by atoms with Crippen LogP contribution in [-0.2, 0) is 37.5 Å². The quantitative estimate of drug-likeness (QED) is 0.171. The van der Waals surface area contributed by atoms with Gasteiger partial charge in [0.2, 0.25) is 0 Å². The van der Waals surface area contributed by atoms with E-state index in [1.165, 1.54) is 7.11 Å². The molecular formula is C27H30F2O8S2. The highest BCUT2D eigenvalue weighted by Gasteiger charge is 2.58. The zero-order valence-corrected chi connectivity index (χ0v) is 22.9. The second-order valence-electron chi connectivity index (χ2n) is 7.89. The lowest BCUT2D eigenvalue weighted by Gasteiger charge is -2.39. The largest absolute Gasteiger partial charge is 0.466 e. The lowest BCUT2D eigenvalue weighted by molar-refractivity contribution is -0.163. The number of hydrogen-bond donors (Lipinski definition) is 0. The van der Waals surface area contributed by atoms with Gasteiger partial charge in [0.15, 0.2) is 0 Å². The number of methoxy groups -OCH3 is 1. The van der Waals surface area contributed by atoms with Crippen LogP contribution in [0.25, 0.3) is 0 Å². The summed E-state index contributed by atoms with van der Waals surface area (Å²) in [6.45, 7) is 0.289. The molecule has 0 heterocycles. The minimum Gasteiger partial charge on any atom is -0.458 e. The maximum absolute atomic E-state index is 15.2. The van der Waals surface area contributed by atoms with Crippen LogP contribution < -0.4 is 0 Å². The van der Waals surface area contributed by atoms with Crippen LogP contribution in [0.1, 0.15) is 0 Å². The molecule has 3 rings (SSSR count). The number of ether oxygens (including phenoxy) is 4. The summed E-state index contributed by atoms with van der Waals surface area (Å²) in [5, 5.41) is -4.99. The van der Waals surface area contributed by atoms with E-state index in [9.17, 15) is 13.2 Å². The molecule has 3 aromatic carbocycles. The molecule has 12 heteroatoms. The number of alkyl halides is 2. The van der Waals surface area contributed by atoms with E-state index < -0.39 is 38.3 Å². The summed E-state index contributed by atoms with van der Waals surface area (Å²) in [7, 11) is -7.61. The van der Waals surface area contributed by atoms with Crippen LogP contribution >= 0.6 is 10.3 Å². The SMILES string of the molecule is COCCOCCOCCOC(=O)C(F)(F)S(=O)(=O)OS(c1ccccc1)(c1ccccc1)c1ccccc1. The summed E-state index contributed by atoms with van der Waals surface area (Å²) in [5.41, 5.74) is 0. The second-order valence-corrected chi connectivity index (χ2v) is 12.4. The van der Waals surface area contributed by atoms with Crippen molar-refractivity contribution in [3.63, 3.8) is 0 Å². The molecule has 0 amide bonds. The molecule has 0 fully saturated rings. The van der Waals surface area contributed by atoms with Crippen LogP contribution in [0, 0.1) is 0 Å². The molecule has 0 N–H and O–H groups in total. The van der Waals surface area contributed by atoms with E-state index in [1.807, 2.05) is 0 Å². The topological polar surface area (TPSA) is 97.4 Å². The van der Waals surface area contributed by atoms with E-state index in [0.29, 0.717) is 27.9 Å². The van der Waals surface area contributed by atoms with Gasteiger partial charge in [-0.1, -0.05) is 54.6 Å². The smallest absolute Gasteiger partial charge is 0.458 e. The van der Waals surface area contributed by atoms with Crippen LogP contribution in [0.15, 0.2) is 106 Å². The van der Waals surface area contributed by atoms with Crippen LogP contribution in [0.5, 0.6) is 0 Å². The third kappa shape index (κ3) is 7.62. The lowest BCUT2D eigenvalue weighted by atomic mass is 10.4. The first-order valence-electron chi connectivity index (χ1n) is 11.9. The molecule has 3 aromatic rings. The average Bonchev–Trinajstić information content (AvgIpc) is 2.96. The molecule has 0 aliphatic carbocycles. The van der Waals surface area contributed by atoms with Gasteiger partial charge >= 0.3 is 21.3 Å². The van der Waals surface area contributed by atoms with Crippen molar-refractivity contribution < 1.29 is 44.6 Å². The Bertz CT molecular complexity index is 1160. The fraction of sp³-hybridized carbons (Fsp3) is 0.296. The zero-order chi connectivity index (χ0) is 28.2. The standard InChI is InChI=1S/C27H30F2O8S2/c1-33-17-18-34-19-20-35-21-22-36-26(30)27(28,29)39(31,32)37-38(23-11-5-2-6-12-23,24-13-7-3-8-14-24)25-15-9-4-10-16-25/h2-16H,17-22H2,1H3. The van der Waals surface area contributed by atoms with Gasteiger partial charge in [0, 0.05) is 21.8 Å². The highest BCUT2D eigenvalue weighted by molar-refractivity contribution is 8.33. The second kappa shape index (κ2) is 14.5. The van der Waals surface area contributed by atoms with Gasteiger partial charge in [0.25, 0.3) is 0 Å². The number of halogens is 2. The fourth-order valence-corrected chi connectivity index (χ4v) is 8.44. The Balaban J connectivity index is 1.84. The van der Waals surface area contributed by atoms with E-state index in [4.69, 9.17) is 17.8 Å². The van der Waals surface area contributed by atoms with Gasteiger partial charge in [-0.25, -0.2) is 8.42 Å². The minimum atomic E-state index is -5.86. The normalized spacial score (nSPS) is 12.7. The monoisotopic (exact) mass is 584 g/mol. The summed E-state index contributed by atoms with van der Waals surface area (Å²) in [4.78, 5) is 13.3. The Kier molecular flexibility index (Phi) is 11.4. The van der Waals surface area contributed by atoms with Crippen LogP contribution in [-0.4, -0.2) is 66.4 Å². The number of benzene rings is 3. The molecule has 0 aliphatic heterocycles. The summed E-state index contributed by atoms with van der Waals surface area (Å²) in [6, 6.07) is 24.6. The number of carbonyl (C=O) groups excluding carboxylic acids is 1. The average molecular weight is 585 g/mol. The summed E-state index contributed by atoms with van der Waals surface area (Å²) < 4.78 is 81.9. The number of rotatable bonds is 16. The van der Waals surface area contributed by atoms with E-state index in [1.54, 1.807) is 91.0 Å². The van der Waals surface area contributed by atoms with Crippen molar-refractivity contribution >= 4 is 26.4 Å². The first-order valence-corrected chi connectivity index (χ1v) is 14.9. The van der Waals surface area contributed by atoms with Crippen molar-refractivity contribution in [3.8, 4) is 0 Å². The molecule has 0 radical (unpaired) electrons. The number of hydrogen-bond acceptors (Lipinski definition) is 8. The van der Waals surface area contributed by atoms with Crippen molar-refractivity contribution in [2.75, 3.05) is 46.8 Å². The zero-order valence-electron chi connectivity index (χ0n) is 21.2. The minimum absolute atomic E-state index is 0.121. The van der Waals surface area contributed by atoms with Gasteiger partial charge in [-0.15, -0.1) is 0 Å². The van der Waals surface area contributed by atoms with Crippen LogP contribution in [0.2, 0.25) is 0 Å². The maximum Gasteiger partial charge on any atom is 0.466 e. The molecule has 0 atom stereocenters. The van der Waals surface area contributed by atoms with Crippen molar-refractivity contribution in [2.24, 2.45) is 0 Å². The van der Waals surface area contributed by atoms with E-state index in [-0.39, 0.29) is 19.8 Å². The van der Waals surface area contributed by atoms with Crippen molar-refractivity contribution in [3.05, 3.63) is 91.0 Å². The van der Waals surface area contributed by atoms with Gasteiger partial charge in [0.1, 0.15) is 6.61 Å². The highest BCUT2D eigenvalue weighted by Crippen LogP contribution is 2.70. The van der Waals surface area contributed by atoms with Crippen molar-refractivity contribution in [1.29, 1.82) is 0 Å². The molecule has 39 heavy (non-hydrogen) atoms. The van der Waals surface area contributed by atoms with Crippen molar-refractivity contribution in [2.45, 2.75) is 19.9 Å². The molecule has 0 saturated carbocycles. The predicted octanol–water partition coefficient (Wildman–Crippen LogP) is 5.05. The first kappa shape index (κ1) is 30.7. The van der Waals surface area contributed by atoms with Gasteiger partial charge in [-0.05, 0) is 46.7 Å².